The van der Waals surface area contributed by atoms with Crippen LogP contribution in [-0.4, -0.2) is 12.0 Å². The van der Waals surface area contributed by atoms with Gasteiger partial charge in [0.15, 0.2) is 0 Å². The highest BCUT2D eigenvalue weighted by molar-refractivity contribution is 5.71. The molecule has 0 bridgehead atoms. The van der Waals surface area contributed by atoms with Crippen LogP contribution in [0.3, 0.4) is 0 Å². The van der Waals surface area contributed by atoms with Crippen LogP contribution in [0.25, 0.3) is 0 Å². The van der Waals surface area contributed by atoms with Crippen molar-refractivity contribution in [3.05, 3.63) is 48.2 Å². The van der Waals surface area contributed by atoms with Crippen LogP contribution in [0.2, 0.25) is 0 Å². The zero-order valence-electron chi connectivity index (χ0n) is 9.48. The fraction of sp³-hybridized carbons (Fsp3) is 0.308. The van der Waals surface area contributed by atoms with Crippen LogP contribution >= 0.6 is 0 Å². The molecule has 86 valence electrons. The lowest BCUT2D eigenvalue weighted by Crippen LogP contribution is -2.26. The number of carbonyl (C=O) groups excluding carboxylic acids is 1. The van der Waals surface area contributed by atoms with Crippen LogP contribution in [-0.2, 0) is 16.0 Å². The molecule has 0 saturated heterocycles. The summed E-state index contributed by atoms with van der Waals surface area (Å²) in [5.41, 5.74) is 6.98. The first kappa shape index (κ1) is 12.5. The van der Waals surface area contributed by atoms with Gasteiger partial charge in [0.05, 0.1) is 12.2 Å². The van der Waals surface area contributed by atoms with Crippen LogP contribution < -0.4 is 5.73 Å². The molecule has 1 atom stereocenters. The number of carbonyl (C=O) groups is 1. The van der Waals surface area contributed by atoms with Gasteiger partial charge >= 0.3 is 5.97 Å². The standard InChI is InChI=1S/C13H17NO2/c1-10(2)16-13(15)9-12(14)8-11-6-4-3-5-7-11/h3-7,12H,1,8-9,14H2,2H3/t12-/m0/s1. The molecule has 3 nitrogen and oxygen atoms in total. The second-order valence-corrected chi connectivity index (χ2v) is 3.83. The molecule has 2 N–H and O–H groups in total. The third kappa shape index (κ3) is 4.75. The molecule has 0 aliphatic rings. The molecule has 0 aromatic heterocycles. The predicted octanol–water partition coefficient (Wildman–Crippen LogP) is 2.02. The minimum absolute atomic E-state index is 0.210. The smallest absolute Gasteiger partial charge is 0.312 e. The van der Waals surface area contributed by atoms with Crippen LogP contribution in [0.4, 0.5) is 0 Å². The van der Waals surface area contributed by atoms with Crippen LogP contribution in [0, 0.1) is 0 Å². The number of rotatable bonds is 5. The molecule has 1 aromatic rings. The van der Waals surface area contributed by atoms with Gasteiger partial charge in [0, 0.05) is 6.04 Å². The Balaban J connectivity index is 2.39. The van der Waals surface area contributed by atoms with E-state index in [9.17, 15) is 4.79 Å². The van der Waals surface area contributed by atoms with Crippen molar-refractivity contribution in [2.24, 2.45) is 5.73 Å². The molecule has 1 aromatic carbocycles. The maximum absolute atomic E-state index is 11.3. The molecule has 0 spiro atoms. The van der Waals surface area contributed by atoms with E-state index in [4.69, 9.17) is 10.5 Å². The number of nitrogens with two attached hydrogens (primary N) is 1. The normalized spacial score (nSPS) is 11.9. The van der Waals surface area contributed by atoms with E-state index in [1.807, 2.05) is 30.3 Å². The van der Waals surface area contributed by atoms with Crippen molar-refractivity contribution in [2.45, 2.75) is 25.8 Å². The highest BCUT2D eigenvalue weighted by atomic mass is 16.5. The Morgan fingerprint density at radius 1 is 1.44 bits per heavy atom. The monoisotopic (exact) mass is 219 g/mol. The molecule has 0 aliphatic carbocycles. The van der Waals surface area contributed by atoms with Gasteiger partial charge in [0.2, 0.25) is 0 Å². The maximum Gasteiger partial charge on any atom is 0.312 e. The van der Waals surface area contributed by atoms with Crippen molar-refractivity contribution in [3.63, 3.8) is 0 Å². The van der Waals surface area contributed by atoms with E-state index in [0.717, 1.165) is 5.56 Å². The Hall–Kier alpha value is -1.61. The average Bonchev–Trinajstić information content (AvgIpc) is 2.17. The molecule has 3 heteroatoms. The fourth-order valence-corrected chi connectivity index (χ4v) is 1.44. The second-order valence-electron chi connectivity index (χ2n) is 3.83. The van der Waals surface area contributed by atoms with Gasteiger partial charge in [-0.15, -0.1) is 0 Å². The highest BCUT2D eigenvalue weighted by Crippen LogP contribution is 2.05. The Kier molecular flexibility index (Phi) is 4.73. The van der Waals surface area contributed by atoms with Crippen LogP contribution in [0.1, 0.15) is 18.9 Å². The third-order valence-electron chi connectivity index (χ3n) is 2.06. The molecule has 1 rings (SSSR count). The summed E-state index contributed by atoms with van der Waals surface area (Å²) < 4.78 is 4.85. The molecular weight excluding hydrogens is 202 g/mol. The first-order valence-electron chi connectivity index (χ1n) is 5.23. The zero-order chi connectivity index (χ0) is 12.0. The van der Waals surface area contributed by atoms with Gasteiger partial charge in [-0.05, 0) is 18.9 Å². The van der Waals surface area contributed by atoms with Crippen molar-refractivity contribution in [3.8, 4) is 0 Å². The van der Waals surface area contributed by atoms with Crippen LogP contribution in [0.5, 0.6) is 0 Å². The molecule has 0 radical (unpaired) electrons. The summed E-state index contributed by atoms with van der Waals surface area (Å²) >= 11 is 0. The van der Waals surface area contributed by atoms with E-state index in [1.165, 1.54) is 0 Å². The predicted molar refractivity (Wildman–Crippen MR) is 63.6 cm³/mol. The van der Waals surface area contributed by atoms with Gasteiger partial charge in [0.25, 0.3) is 0 Å². The Bertz CT molecular complexity index is 359. The van der Waals surface area contributed by atoms with E-state index >= 15 is 0 Å². The molecule has 0 heterocycles. The zero-order valence-corrected chi connectivity index (χ0v) is 9.48. The summed E-state index contributed by atoms with van der Waals surface area (Å²) in [5.74, 6) is 0.0767. The number of allylic oxidation sites excluding steroid dienone is 1. The van der Waals surface area contributed by atoms with E-state index in [0.29, 0.717) is 12.2 Å². The second kappa shape index (κ2) is 6.08. The lowest BCUT2D eigenvalue weighted by molar-refractivity contribution is -0.139. The Morgan fingerprint density at radius 3 is 2.62 bits per heavy atom. The Morgan fingerprint density at radius 2 is 2.06 bits per heavy atom. The number of hydrogen-bond acceptors (Lipinski definition) is 3. The van der Waals surface area contributed by atoms with E-state index in [2.05, 4.69) is 6.58 Å². The first-order valence-corrected chi connectivity index (χ1v) is 5.23. The van der Waals surface area contributed by atoms with Crippen molar-refractivity contribution in [1.82, 2.24) is 0 Å². The Labute approximate surface area is 95.9 Å². The van der Waals surface area contributed by atoms with Crippen molar-refractivity contribution < 1.29 is 9.53 Å². The third-order valence-corrected chi connectivity index (χ3v) is 2.06. The van der Waals surface area contributed by atoms with Gasteiger partial charge in [-0.1, -0.05) is 36.9 Å². The lowest BCUT2D eigenvalue weighted by Gasteiger charge is -2.10. The summed E-state index contributed by atoms with van der Waals surface area (Å²) in [6, 6.07) is 9.62. The SMILES string of the molecule is C=C(C)OC(=O)C[C@@H](N)Cc1ccccc1. The number of esters is 1. The fourth-order valence-electron chi connectivity index (χ4n) is 1.44. The minimum atomic E-state index is -0.323. The van der Waals surface area contributed by atoms with Gasteiger partial charge in [0.1, 0.15) is 0 Å². The van der Waals surface area contributed by atoms with Crippen LogP contribution in [0.15, 0.2) is 42.7 Å². The summed E-state index contributed by atoms with van der Waals surface area (Å²) in [7, 11) is 0. The summed E-state index contributed by atoms with van der Waals surface area (Å²) in [6.07, 6.45) is 0.883. The van der Waals surface area contributed by atoms with Crippen molar-refractivity contribution in [2.75, 3.05) is 0 Å². The maximum atomic E-state index is 11.3. The average molecular weight is 219 g/mol. The van der Waals surface area contributed by atoms with Gasteiger partial charge in [-0.3, -0.25) is 4.79 Å². The van der Waals surface area contributed by atoms with Gasteiger partial charge < -0.3 is 10.5 Å². The quantitative estimate of drug-likeness (QED) is 0.609. The molecule has 0 fully saturated rings. The summed E-state index contributed by atoms with van der Waals surface area (Å²) in [5, 5.41) is 0. The topological polar surface area (TPSA) is 52.3 Å². The number of ether oxygens (including phenoxy) is 1. The van der Waals surface area contributed by atoms with E-state index < -0.39 is 0 Å². The lowest BCUT2D eigenvalue weighted by atomic mass is 10.0. The highest BCUT2D eigenvalue weighted by Gasteiger charge is 2.11. The molecule has 0 aliphatic heterocycles. The number of hydrogen-bond donors (Lipinski definition) is 1. The number of benzene rings is 1. The first-order chi connectivity index (χ1) is 7.58. The molecular formula is C13H17NO2. The molecule has 16 heavy (non-hydrogen) atoms. The summed E-state index contributed by atoms with van der Waals surface area (Å²) in [4.78, 5) is 11.3. The minimum Gasteiger partial charge on any atom is -0.432 e. The largest absolute Gasteiger partial charge is 0.432 e. The van der Waals surface area contributed by atoms with E-state index in [-0.39, 0.29) is 18.4 Å². The van der Waals surface area contributed by atoms with E-state index in [1.54, 1.807) is 6.92 Å². The van der Waals surface area contributed by atoms with Crippen molar-refractivity contribution >= 4 is 5.97 Å². The van der Waals surface area contributed by atoms with Gasteiger partial charge in [-0.2, -0.15) is 0 Å². The molecule has 0 saturated carbocycles. The molecule has 0 amide bonds. The summed E-state index contributed by atoms with van der Waals surface area (Å²) in [6.45, 7) is 5.14. The van der Waals surface area contributed by atoms with Gasteiger partial charge in [-0.25, -0.2) is 0 Å². The molecule has 0 unspecified atom stereocenters. The van der Waals surface area contributed by atoms with Crippen molar-refractivity contribution in [1.29, 1.82) is 0 Å².